The lowest BCUT2D eigenvalue weighted by atomic mass is 10.0. The minimum Gasteiger partial charge on any atom is -0.465 e. The van der Waals surface area contributed by atoms with Crippen LogP contribution in [0.2, 0.25) is 0 Å². The van der Waals surface area contributed by atoms with Crippen LogP contribution < -0.4 is 4.90 Å². The Labute approximate surface area is 99.9 Å². The fourth-order valence-corrected chi connectivity index (χ4v) is 1.56. The van der Waals surface area contributed by atoms with Crippen molar-refractivity contribution < 1.29 is 14.3 Å². The maximum Gasteiger partial charge on any atom is 0.412 e. The van der Waals surface area contributed by atoms with Gasteiger partial charge >= 0.3 is 6.09 Å². The molecule has 1 amide bonds. The van der Waals surface area contributed by atoms with Gasteiger partial charge in [0.1, 0.15) is 0 Å². The molecule has 1 aromatic carbocycles. The number of carbonyl (C=O) groups is 1. The zero-order valence-electron chi connectivity index (χ0n) is 9.99. The van der Waals surface area contributed by atoms with E-state index in [-0.39, 0.29) is 11.3 Å². The Balaban J connectivity index is 3.41. The Morgan fingerprint density at radius 2 is 2.06 bits per heavy atom. The smallest absolute Gasteiger partial charge is 0.412 e. The summed E-state index contributed by atoms with van der Waals surface area (Å²) in [5.74, 6) is 1.50. The summed E-state index contributed by atoms with van der Waals surface area (Å²) in [6.45, 7) is 5.05. The van der Waals surface area contributed by atoms with Crippen LogP contribution in [0.15, 0.2) is 18.2 Å². The molecule has 0 radical (unpaired) electrons. The number of hydrogen-bond acceptors (Lipinski definition) is 1. The van der Waals surface area contributed by atoms with E-state index in [1.54, 1.807) is 20.8 Å². The molecule has 0 saturated heterocycles. The molecule has 1 rings (SSSR count). The summed E-state index contributed by atoms with van der Waals surface area (Å²) in [4.78, 5) is 12.2. The fraction of sp³-hybridized carbons (Fsp3) is 0.308. The molecule has 0 aliphatic carbocycles. The topological polar surface area (TPSA) is 40.5 Å². The second kappa shape index (κ2) is 4.46. The number of terminal acetylenes is 1. The van der Waals surface area contributed by atoms with Gasteiger partial charge < -0.3 is 5.11 Å². The molecule has 0 aliphatic heterocycles. The second-order valence-electron chi connectivity index (χ2n) is 4.57. The molecular formula is C13H14FNO2. The van der Waals surface area contributed by atoms with Crippen LogP contribution in [-0.4, -0.2) is 16.7 Å². The Kier molecular flexibility index (Phi) is 3.42. The molecule has 1 N–H and O–H groups in total. The van der Waals surface area contributed by atoms with Crippen molar-refractivity contribution in [1.29, 1.82) is 0 Å². The largest absolute Gasteiger partial charge is 0.465 e. The predicted octanol–water partition coefficient (Wildman–Crippen LogP) is 3.09. The summed E-state index contributed by atoms with van der Waals surface area (Å²) in [7, 11) is 0. The van der Waals surface area contributed by atoms with Gasteiger partial charge in [-0.15, -0.1) is 6.42 Å². The fourth-order valence-electron chi connectivity index (χ4n) is 1.56. The Bertz CT molecular complexity index is 483. The number of carboxylic acid groups (broad SMARTS) is 1. The first kappa shape index (κ1) is 13.0. The third-order valence-electron chi connectivity index (χ3n) is 2.24. The van der Waals surface area contributed by atoms with E-state index < -0.39 is 17.4 Å². The van der Waals surface area contributed by atoms with Crippen LogP contribution in [0.5, 0.6) is 0 Å². The molecule has 17 heavy (non-hydrogen) atoms. The van der Waals surface area contributed by atoms with E-state index in [0.29, 0.717) is 0 Å². The van der Waals surface area contributed by atoms with Crippen molar-refractivity contribution in [2.75, 3.05) is 4.90 Å². The highest BCUT2D eigenvalue weighted by Gasteiger charge is 2.30. The molecule has 0 saturated carbocycles. The Morgan fingerprint density at radius 3 is 2.47 bits per heavy atom. The highest BCUT2D eigenvalue weighted by molar-refractivity contribution is 5.88. The zero-order chi connectivity index (χ0) is 13.2. The summed E-state index contributed by atoms with van der Waals surface area (Å²) in [5.41, 5.74) is -0.724. The number of hydrogen-bond donors (Lipinski definition) is 1. The van der Waals surface area contributed by atoms with Crippen molar-refractivity contribution in [3.8, 4) is 12.3 Å². The van der Waals surface area contributed by atoms with Gasteiger partial charge in [-0.3, -0.25) is 4.90 Å². The van der Waals surface area contributed by atoms with Gasteiger partial charge in [-0.1, -0.05) is 12.0 Å². The van der Waals surface area contributed by atoms with Gasteiger partial charge in [0.2, 0.25) is 0 Å². The number of amides is 1. The summed E-state index contributed by atoms with van der Waals surface area (Å²) in [6.07, 6.45) is 3.93. The van der Waals surface area contributed by atoms with Crippen LogP contribution >= 0.6 is 0 Å². The van der Waals surface area contributed by atoms with Gasteiger partial charge in [0.25, 0.3) is 0 Å². The molecule has 0 heterocycles. The third-order valence-corrected chi connectivity index (χ3v) is 2.24. The normalized spacial score (nSPS) is 10.8. The molecule has 3 nitrogen and oxygen atoms in total. The van der Waals surface area contributed by atoms with Crippen LogP contribution in [0.3, 0.4) is 0 Å². The van der Waals surface area contributed by atoms with Crippen LogP contribution in [0.4, 0.5) is 14.9 Å². The lowest BCUT2D eigenvalue weighted by Crippen LogP contribution is -2.45. The van der Waals surface area contributed by atoms with E-state index in [1.165, 1.54) is 18.2 Å². The number of halogens is 1. The van der Waals surface area contributed by atoms with E-state index in [9.17, 15) is 9.18 Å². The highest BCUT2D eigenvalue weighted by atomic mass is 19.1. The van der Waals surface area contributed by atoms with Gasteiger partial charge in [0.05, 0.1) is 11.3 Å². The van der Waals surface area contributed by atoms with Gasteiger partial charge in [-0.05, 0) is 32.9 Å². The summed E-state index contributed by atoms with van der Waals surface area (Å²) >= 11 is 0. The summed E-state index contributed by atoms with van der Waals surface area (Å²) in [6, 6.07) is 4.37. The number of benzene rings is 1. The number of nitrogens with zero attached hydrogens (tertiary/aromatic N) is 1. The number of anilines is 1. The van der Waals surface area contributed by atoms with Gasteiger partial charge in [-0.25, -0.2) is 9.18 Å². The van der Waals surface area contributed by atoms with Gasteiger partial charge in [0, 0.05) is 5.54 Å². The first-order valence-electron chi connectivity index (χ1n) is 5.07. The summed E-state index contributed by atoms with van der Waals surface area (Å²) in [5, 5.41) is 9.16. The van der Waals surface area contributed by atoms with Crippen LogP contribution in [0.25, 0.3) is 0 Å². The van der Waals surface area contributed by atoms with Crippen molar-refractivity contribution in [3.05, 3.63) is 29.6 Å². The minimum atomic E-state index is -1.22. The van der Waals surface area contributed by atoms with E-state index in [2.05, 4.69) is 5.92 Å². The maximum atomic E-state index is 14.0. The lowest BCUT2D eigenvalue weighted by molar-refractivity contribution is 0.195. The highest BCUT2D eigenvalue weighted by Crippen LogP contribution is 2.28. The molecule has 4 heteroatoms. The molecule has 0 unspecified atom stereocenters. The standard InChI is InChI=1S/C13H14FNO2/c1-5-9-7-6-8-10(11(9)14)15(12(16)17)13(2,3)4/h1,6-8H,2-4H3,(H,16,17). The molecule has 0 fully saturated rings. The molecule has 0 spiro atoms. The van der Waals surface area contributed by atoms with Crippen LogP contribution in [0.1, 0.15) is 26.3 Å². The minimum absolute atomic E-state index is 0.0274. The molecular weight excluding hydrogens is 221 g/mol. The second-order valence-corrected chi connectivity index (χ2v) is 4.57. The maximum absolute atomic E-state index is 14.0. The van der Waals surface area contributed by atoms with E-state index in [4.69, 9.17) is 11.5 Å². The molecule has 90 valence electrons. The van der Waals surface area contributed by atoms with Gasteiger partial charge in [-0.2, -0.15) is 0 Å². The Hall–Kier alpha value is -2.02. The molecule has 0 aliphatic rings. The Morgan fingerprint density at radius 1 is 1.47 bits per heavy atom. The third kappa shape index (κ3) is 2.56. The summed E-state index contributed by atoms with van der Waals surface area (Å²) < 4.78 is 14.0. The molecule has 1 aromatic rings. The van der Waals surface area contributed by atoms with Crippen molar-refractivity contribution in [2.24, 2.45) is 0 Å². The SMILES string of the molecule is C#Cc1cccc(N(C(=O)O)C(C)(C)C)c1F. The first-order chi connectivity index (χ1) is 7.79. The van der Waals surface area contributed by atoms with Crippen molar-refractivity contribution in [1.82, 2.24) is 0 Å². The average molecular weight is 235 g/mol. The van der Waals surface area contributed by atoms with Gasteiger partial charge in [0.15, 0.2) is 5.82 Å². The van der Waals surface area contributed by atoms with Crippen LogP contribution in [-0.2, 0) is 0 Å². The van der Waals surface area contributed by atoms with Crippen molar-refractivity contribution in [3.63, 3.8) is 0 Å². The molecule has 0 atom stereocenters. The lowest BCUT2D eigenvalue weighted by Gasteiger charge is -2.33. The average Bonchev–Trinajstić information content (AvgIpc) is 2.18. The van der Waals surface area contributed by atoms with E-state index >= 15 is 0 Å². The van der Waals surface area contributed by atoms with Crippen molar-refractivity contribution in [2.45, 2.75) is 26.3 Å². The first-order valence-corrected chi connectivity index (χ1v) is 5.07. The monoisotopic (exact) mass is 235 g/mol. The molecule has 0 bridgehead atoms. The zero-order valence-corrected chi connectivity index (χ0v) is 9.99. The van der Waals surface area contributed by atoms with E-state index in [0.717, 1.165) is 4.90 Å². The number of rotatable bonds is 1. The quantitative estimate of drug-likeness (QED) is 0.760. The van der Waals surface area contributed by atoms with Crippen LogP contribution in [0, 0.1) is 18.2 Å². The van der Waals surface area contributed by atoms with E-state index in [1.807, 2.05) is 0 Å². The van der Waals surface area contributed by atoms with Crippen molar-refractivity contribution >= 4 is 11.8 Å². The predicted molar refractivity (Wildman–Crippen MR) is 64.6 cm³/mol. The molecule has 0 aromatic heterocycles.